The summed E-state index contributed by atoms with van der Waals surface area (Å²) in [7, 11) is 0. The zero-order valence-electron chi connectivity index (χ0n) is 9.02. The summed E-state index contributed by atoms with van der Waals surface area (Å²) in [6, 6.07) is 9.93. The average molecular weight is 277 g/mol. The molecule has 82 valence electrons. The highest BCUT2D eigenvalue weighted by molar-refractivity contribution is 9.10. The van der Waals surface area contributed by atoms with Gasteiger partial charge >= 0.3 is 0 Å². The maximum atomic E-state index is 6.21. The van der Waals surface area contributed by atoms with Gasteiger partial charge in [0.05, 0.1) is 6.04 Å². The van der Waals surface area contributed by atoms with Crippen LogP contribution in [0.25, 0.3) is 0 Å². The zero-order valence-corrected chi connectivity index (χ0v) is 10.6. The molecule has 2 nitrogen and oxygen atoms in total. The van der Waals surface area contributed by atoms with E-state index in [4.69, 9.17) is 5.73 Å². The molecule has 1 aromatic carbocycles. The van der Waals surface area contributed by atoms with Crippen LogP contribution in [0.2, 0.25) is 0 Å². The number of benzene rings is 1. The number of halogens is 1. The molecule has 3 heteroatoms. The van der Waals surface area contributed by atoms with Gasteiger partial charge in [0.1, 0.15) is 0 Å². The van der Waals surface area contributed by atoms with Crippen molar-refractivity contribution in [1.29, 1.82) is 0 Å². The Kier molecular flexibility index (Phi) is 3.36. The minimum absolute atomic E-state index is 0.109. The summed E-state index contributed by atoms with van der Waals surface area (Å²) in [5.74, 6) is 0. The normalized spacial score (nSPS) is 12.4. The summed E-state index contributed by atoms with van der Waals surface area (Å²) < 4.78 is 1.06. The molecule has 0 amide bonds. The molecular weight excluding hydrogens is 264 g/mol. The van der Waals surface area contributed by atoms with E-state index in [0.717, 1.165) is 15.6 Å². The highest BCUT2D eigenvalue weighted by Gasteiger charge is 2.10. The largest absolute Gasteiger partial charge is 0.320 e. The summed E-state index contributed by atoms with van der Waals surface area (Å²) in [6.07, 6.45) is 3.62. The molecule has 0 aliphatic heterocycles. The number of nitrogens with zero attached hydrogens (tertiary/aromatic N) is 1. The fraction of sp³-hybridized carbons (Fsp3) is 0.154. The molecule has 1 aromatic heterocycles. The Bertz CT molecular complexity index is 480. The van der Waals surface area contributed by atoms with Crippen LogP contribution >= 0.6 is 15.9 Å². The van der Waals surface area contributed by atoms with Crippen LogP contribution < -0.4 is 5.73 Å². The van der Waals surface area contributed by atoms with Gasteiger partial charge in [-0.25, -0.2) is 0 Å². The van der Waals surface area contributed by atoms with Crippen molar-refractivity contribution in [2.24, 2.45) is 5.73 Å². The predicted molar refractivity (Wildman–Crippen MR) is 69.1 cm³/mol. The number of nitrogens with two attached hydrogens (primary N) is 1. The van der Waals surface area contributed by atoms with E-state index in [2.05, 4.69) is 27.8 Å². The van der Waals surface area contributed by atoms with Crippen molar-refractivity contribution in [1.82, 2.24) is 4.98 Å². The Morgan fingerprint density at radius 2 is 1.88 bits per heavy atom. The third-order valence-corrected chi connectivity index (χ3v) is 3.17. The minimum atomic E-state index is -0.109. The Morgan fingerprint density at radius 1 is 1.19 bits per heavy atom. The number of hydrogen-bond donors (Lipinski definition) is 1. The van der Waals surface area contributed by atoms with Gasteiger partial charge in [0.2, 0.25) is 0 Å². The van der Waals surface area contributed by atoms with Gasteiger partial charge in [-0.1, -0.05) is 28.1 Å². The molecule has 0 bridgehead atoms. The highest BCUT2D eigenvalue weighted by Crippen LogP contribution is 2.22. The van der Waals surface area contributed by atoms with Crippen LogP contribution in [0.3, 0.4) is 0 Å². The number of aromatic nitrogens is 1. The van der Waals surface area contributed by atoms with Crippen LogP contribution in [0.15, 0.2) is 47.2 Å². The summed E-state index contributed by atoms with van der Waals surface area (Å²) in [5.41, 5.74) is 9.55. The van der Waals surface area contributed by atoms with Crippen LogP contribution in [-0.2, 0) is 0 Å². The van der Waals surface area contributed by atoms with Crippen molar-refractivity contribution in [2.45, 2.75) is 13.0 Å². The first-order chi connectivity index (χ1) is 7.68. The summed E-state index contributed by atoms with van der Waals surface area (Å²) in [5, 5.41) is 0. The maximum Gasteiger partial charge on any atom is 0.0569 e. The van der Waals surface area contributed by atoms with Gasteiger partial charge in [-0.05, 0) is 41.8 Å². The van der Waals surface area contributed by atoms with E-state index in [0.29, 0.717) is 0 Å². The summed E-state index contributed by atoms with van der Waals surface area (Å²) in [4.78, 5) is 4.12. The molecule has 0 radical (unpaired) electrons. The second-order valence-electron chi connectivity index (χ2n) is 3.76. The van der Waals surface area contributed by atoms with E-state index >= 15 is 0 Å². The van der Waals surface area contributed by atoms with Gasteiger partial charge in [-0.2, -0.15) is 0 Å². The Hall–Kier alpha value is -1.19. The highest BCUT2D eigenvalue weighted by atomic mass is 79.9. The van der Waals surface area contributed by atoms with Gasteiger partial charge in [0, 0.05) is 16.9 Å². The lowest BCUT2D eigenvalue weighted by Crippen LogP contribution is -2.13. The first-order valence-electron chi connectivity index (χ1n) is 5.10. The van der Waals surface area contributed by atoms with Crippen molar-refractivity contribution >= 4 is 15.9 Å². The molecule has 0 spiro atoms. The first-order valence-corrected chi connectivity index (χ1v) is 5.89. The number of pyridine rings is 1. The third-order valence-electron chi connectivity index (χ3n) is 2.64. The molecule has 1 heterocycles. The van der Waals surface area contributed by atoms with E-state index in [9.17, 15) is 0 Å². The Morgan fingerprint density at radius 3 is 2.50 bits per heavy atom. The van der Waals surface area contributed by atoms with Gasteiger partial charge < -0.3 is 5.73 Å². The van der Waals surface area contributed by atoms with E-state index in [1.807, 2.05) is 36.5 Å². The van der Waals surface area contributed by atoms with Crippen molar-refractivity contribution in [3.8, 4) is 0 Å². The fourth-order valence-corrected chi connectivity index (χ4v) is 1.92. The SMILES string of the molecule is Cc1ccncc1C(N)c1ccc(Br)cc1. The van der Waals surface area contributed by atoms with Gasteiger partial charge in [0.15, 0.2) is 0 Å². The second-order valence-corrected chi connectivity index (χ2v) is 4.68. The fourth-order valence-electron chi connectivity index (χ4n) is 1.65. The van der Waals surface area contributed by atoms with Gasteiger partial charge in [-0.3, -0.25) is 4.98 Å². The van der Waals surface area contributed by atoms with Crippen molar-refractivity contribution < 1.29 is 0 Å². The summed E-state index contributed by atoms with van der Waals surface area (Å²) >= 11 is 3.41. The third kappa shape index (κ3) is 2.31. The molecule has 1 atom stereocenters. The Labute approximate surface area is 104 Å². The van der Waals surface area contributed by atoms with Gasteiger partial charge in [0.25, 0.3) is 0 Å². The molecule has 1 unspecified atom stereocenters. The molecule has 2 rings (SSSR count). The zero-order chi connectivity index (χ0) is 11.5. The minimum Gasteiger partial charge on any atom is -0.320 e. The lowest BCUT2D eigenvalue weighted by atomic mass is 9.98. The Balaban J connectivity index is 2.35. The van der Waals surface area contributed by atoms with E-state index in [-0.39, 0.29) is 6.04 Å². The standard InChI is InChI=1S/C13H13BrN2/c1-9-6-7-16-8-12(9)13(15)10-2-4-11(14)5-3-10/h2-8,13H,15H2,1H3. The van der Waals surface area contributed by atoms with E-state index < -0.39 is 0 Å². The van der Waals surface area contributed by atoms with Crippen LogP contribution in [0.4, 0.5) is 0 Å². The molecule has 0 aliphatic carbocycles. The van der Waals surface area contributed by atoms with Crippen molar-refractivity contribution in [3.63, 3.8) is 0 Å². The smallest absolute Gasteiger partial charge is 0.0569 e. The monoisotopic (exact) mass is 276 g/mol. The maximum absolute atomic E-state index is 6.21. The lowest BCUT2D eigenvalue weighted by Gasteiger charge is -2.14. The van der Waals surface area contributed by atoms with E-state index in [1.54, 1.807) is 6.20 Å². The molecule has 0 fully saturated rings. The quantitative estimate of drug-likeness (QED) is 0.915. The van der Waals surface area contributed by atoms with Gasteiger partial charge in [-0.15, -0.1) is 0 Å². The lowest BCUT2D eigenvalue weighted by molar-refractivity contribution is 0.852. The summed E-state index contributed by atoms with van der Waals surface area (Å²) in [6.45, 7) is 2.05. The molecule has 0 aliphatic rings. The second kappa shape index (κ2) is 4.76. The number of rotatable bonds is 2. The van der Waals surface area contributed by atoms with Crippen LogP contribution in [0.5, 0.6) is 0 Å². The molecule has 16 heavy (non-hydrogen) atoms. The molecule has 0 saturated carbocycles. The van der Waals surface area contributed by atoms with Crippen molar-refractivity contribution in [3.05, 3.63) is 63.9 Å². The topological polar surface area (TPSA) is 38.9 Å². The molecule has 2 N–H and O–H groups in total. The van der Waals surface area contributed by atoms with Crippen molar-refractivity contribution in [2.75, 3.05) is 0 Å². The predicted octanol–water partition coefficient (Wildman–Crippen LogP) is 3.20. The average Bonchev–Trinajstić information content (AvgIpc) is 2.30. The number of aryl methyl sites for hydroxylation is 1. The molecule has 0 saturated heterocycles. The first kappa shape index (κ1) is 11.3. The van der Waals surface area contributed by atoms with Crippen LogP contribution in [0, 0.1) is 6.92 Å². The number of hydrogen-bond acceptors (Lipinski definition) is 2. The van der Waals surface area contributed by atoms with E-state index in [1.165, 1.54) is 5.56 Å². The van der Waals surface area contributed by atoms with Crippen LogP contribution in [0.1, 0.15) is 22.7 Å². The van der Waals surface area contributed by atoms with Crippen LogP contribution in [-0.4, -0.2) is 4.98 Å². The molecule has 2 aromatic rings. The molecular formula is C13H13BrN2.